The molecule has 0 saturated carbocycles. The second-order valence-corrected chi connectivity index (χ2v) is 6.09. The molecule has 0 bridgehead atoms. The van der Waals surface area contributed by atoms with E-state index in [4.69, 9.17) is 9.47 Å². The average molecular weight is 307 g/mol. The number of amides is 1. The van der Waals surface area contributed by atoms with Gasteiger partial charge in [0.1, 0.15) is 5.60 Å². The zero-order valence-corrected chi connectivity index (χ0v) is 14.0. The Morgan fingerprint density at radius 1 is 1.23 bits per heavy atom. The van der Waals surface area contributed by atoms with Crippen molar-refractivity contribution >= 4 is 17.7 Å². The van der Waals surface area contributed by atoms with Crippen molar-refractivity contribution in [2.75, 3.05) is 11.9 Å². The van der Waals surface area contributed by atoms with Gasteiger partial charge in [-0.25, -0.2) is 4.79 Å². The van der Waals surface area contributed by atoms with Crippen LogP contribution in [0.1, 0.15) is 45.2 Å². The van der Waals surface area contributed by atoms with E-state index in [1.807, 2.05) is 45.9 Å². The molecule has 0 fully saturated rings. The Morgan fingerprint density at radius 2 is 1.91 bits per heavy atom. The van der Waals surface area contributed by atoms with Crippen LogP contribution in [0.3, 0.4) is 0 Å². The quantitative estimate of drug-likeness (QED) is 0.839. The zero-order valence-electron chi connectivity index (χ0n) is 14.0. The SMILES string of the molecule is CCOC(=O)CCc1ccc(C)cc1NC(=O)OC(C)(C)C. The monoisotopic (exact) mass is 307 g/mol. The molecule has 0 aliphatic heterocycles. The number of hydrogen-bond donors (Lipinski definition) is 1. The molecule has 0 atom stereocenters. The molecule has 122 valence electrons. The molecule has 1 aromatic rings. The maximum Gasteiger partial charge on any atom is 0.412 e. The van der Waals surface area contributed by atoms with Gasteiger partial charge >= 0.3 is 12.1 Å². The second-order valence-electron chi connectivity index (χ2n) is 6.09. The minimum absolute atomic E-state index is 0.244. The normalized spacial score (nSPS) is 11.0. The number of anilines is 1. The highest BCUT2D eigenvalue weighted by molar-refractivity contribution is 5.86. The lowest BCUT2D eigenvalue weighted by atomic mass is 10.0. The Bertz CT molecular complexity index is 532. The molecule has 1 rings (SSSR count). The number of rotatable bonds is 5. The third-order valence-corrected chi connectivity index (χ3v) is 2.80. The maximum absolute atomic E-state index is 11.9. The van der Waals surface area contributed by atoms with Gasteiger partial charge in [-0.1, -0.05) is 12.1 Å². The highest BCUT2D eigenvalue weighted by Crippen LogP contribution is 2.20. The number of esters is 1. The van der Waals surface area contributed by atoms with Crippen LogP contribution in [0, 0.1) is 6.92 Å². The number of hydrogen-bond acceptors (Lipinski definition) is 4. The molecule has 1 N–H and O–H groups in total. The van der Waals surface area contributed by atoms with Gasteiger partial charge in [0, 0.05) is 12.1 Å². The lowest BCUT2D eigenvalue weighted by Crippen LogP contribution is -2.27. The Balaban J connectivity index is 2.78. The fraction of sp³-hybridized carbons (Fsp3) is 0.529. The molecule has 5 heteroatoms. The first-order valence-electron chi connectivity index (χ1n) is 7.46. The molecule has 1 aromatic carbocycles. The Morgan fingerprint density at radius 3 is 2.50 bits per heavy atom. The standard InChI is InChI=1S/C17H25NO4/c1-6-21-15(19)10-9-13-8-7-12(2)11-14(13)18-16(20)22-17(3,4)5/h7-8,11H,6,9-10H2,1-5H3,(H,18,20). The summed E-state index contributed by atoms with van der Waals surface area (Å²) >= 11 is 0. The van der Waals surface area contributed by atoms with Gasteiger partial charge in [0.15, 0.2) is 0 Å². The molecule has 0 unspecified atom stereocenters. The highest BCUT2D eigenvalue weighted by atomic mass is 16.6. The number of nitrogens with one attached hydrogen (secondary N) is 1. The van der Waals surface area contributed by atoms with E-state index < -0.39 is 11.7 Å². The first-order valence-corrected chi connectivity index (χ1v) is 7.46. The van der Waals surface area contributed by atoms with E-state index in [1.165, 1.54) is 0 Å². The lowest BCUT2D eigenvalue weighted by molar-refractivity contribution is -0.143. The van der Waals surface area contributed by atoms with Crippen molar-refractivity contribution in [2.45, 2.75) is 53.1 Å². The van der Waals surface area contributed by atoms with Crippen LogP contribution in [0.25, 0.3) is 0 Å². The average Bonchev–Trinajstić information content (AvgIpc) is 2.35. The molecule has 5 nitrogen and oxygen atoms in total. The molecular formula is C17H25NO4. The fourth-order valence-corrected chi connectivity index (χ4v) is 1.91. The predicted molar refractivity (Wildman–Crippen MR) is 86.0 cm³/mol. The summed E-state index contributed by atoms with van der Waals surface area (Å²) in [6.45, 7) is 9.52. The predicted octanol–water partition coefficient (Wildman–Crippen LogP) is 3.84. The van der Waals surface area contributed by atoms with Crippen molar-refractivity contribution in [2.24, 2.45) is 0 Å². The molecule has 0 heterocycles. The van der Waals surface area contributed by atoms with Crippen LogP contribution in [-0.4, -0.2) is 24.3 Å². The van der Waals surface area contributed by atoms with Gasteiger partial charge in [-0.05, 0) is 58.2 Å². The Kier molecular flexibility index (Phi) is 6.40. The molecule has 1 amide bonds. The number of carbonyl (C=O) groups is 2. The minimum Gasteiger partial charge on any atom is -0.466 e. The van der Waals surface area contributed by atoms with Crippen molar-refractivity contribution < 1.29 is 19.1 Å². The zero-order chi connectivity index (χ0) is 16.8. The van der Waals surface area contributed by atoms with E-state index in [0.717, 1.165) is 11.1 Å². The van der Waals surface area contributed by atoms with Crippen LogP contribution >= 0.6 is 0 Å². The molecule has 0 aromatic heterocycles. The summed E-state index contributed by atoms with van der Waals surface area (Å²) in [4.78, 5) is 23.4. The largest absolute Gasteiger partial charge is 0.466 e. The number of ether oxygens (including phenoxy) is 2. The van der Waals surface area contributed by atoms with Crippen LogP contribution in [0.2, 0.25) is 0 Å². The molecule has 0 aliphatic rings. The summed E-state index contributed by atoms with van der Waals surface area (Å²) in [5, 5.41) is 2.75. The van der Waals surface area contributed by atoms with E-state index >= 15 is 0 Å². The number of aryl methyl sites for hydroxylation is 2. The van der Waals surface area contributed by atoms with Gasteiger partial charge in [-0.3, -0.25) is 10.1 Å². The van der Waals surface area contributed by atoms with Gasteiger partial charge in [-0.2, -0.15) is 0 Å². The second kappa shape index (κ2) is 7.82. The Labute approximate surface area is 132 Å². The smallest absolute Gasteiger partial charge is 0.412 e. The number of benzene rings is 1. The first-order chi connectivity index (χ1) is 10.2. The molecular weight excluding hydrogens is 282 g/mol. The van der Waals surface area contributed by atoms with Crippen molar-refractivity contribution in [3.8, 4) is 0 Å². The summed E-state index contributed by atoms with van der Waals surface area (Å²) in [6.07, 6.45) is 0.278. The van der Waals surface area contributed by atoms with E-state index in [-0.39, 0.29) is 12.4 Å². The summed E-state index contributed by atoms with van der Waals surface area (Å²) in [6, 6.07) is 5.71. The molecule has 0 radical (unpaired) electrons. The molecule has 0 saturated heterocycles. The van der Waals surface area contributed by atoms with E-state index in [0.29, 0.717) is 18.7 Å². The summed E-state index contributed by atoms with van der Waals surface area (Å²) in [5.41, 5.74) is 2.01. The third-order valence-electron chi connectivity index (χ3n) is 2.80. The van der Waals surface area contributed by atoms with Gasteiger partial charge in [0.2, 0.25) is 0 Å². The maximum atomic E-state index is 11.9. The van der Waals surface area contributed by atoms with Crippen LogP contribution < -0.4 is 5.32 Å². The molecule has 0 spiro atoms. The van der Waals surface area contributed by atoms with Crippen LogP contribution in [0.4, 0.5) is 10.5 Å². The van der Waals surface area contributed by atoms with Crippen molar-refractivity contribution in [3.63, 3.8) is 0 Å². The summed E-state index contributed by atoms with van der Waals surface area (Å²) in [7, 11) is 0. The van der Waals surface area contributed by atoms with Gasteiger partial charge in [0.25, 0.3) is 0 Å². The van der Waals surface area contributed by atoms with Gasteiger partial charge < -0.3 is 9.47 Å². The molecule has 0 aliphatic carbocycles. The van der Waals surface area contributed by atoms with Crippen molar-refractivity contribution in [3.05, 3.63) is 29.3 Å². The highest BCUT2D eigenvalue weighted by Gasteiger charge is 2.17. The summed E-state index contributed by atoms with van der Waals surface area (Å²) < 4.78 is 10.2. The van der Waals surface area contributed by atoms with Crippen molar-refractivity contribution in [1.82, 2.24) is 0 Å². The van der Waals surface area contributed by atoms with Gasteiger partial charge in [-0.15, -0.1) is 0 Å². The third kappa shape index (κ3) is 6.61. The van der Waals surface area contributed by atoms with E-state index in [1.54, 1.807) is 6.92 Å². The first kappa shape index (κ1) is 18.0. The Hall–Kier alpha value is -2.04. The number of carbonyl (C=O) groups excluding carboxylic acids is 2. The van der Waals surface area contributed by atoms with E-state index in [2.05, 4.69) is 5.32 Å². The molecule has 22 heavy (non-hydrogen) atoms. The van der Waals surface area contributed by atoms with Crippen LogP contribution in [0.15, 0.2) is 18.2 Å². The van der Waals surface area contributed by atoms with Crippen molar-refractivity contribution in [1.29, 1.82) is 0 Å². The van der Waals surface area contributed by atoms with E-state index in [9.17, 15) is 9.59 Å². The van der Waals surface area contributed by atoms with Gasteiger partial charge in [0.05, 0.1) is 6.61 Å². The van der Waals surface area contributed by atoms with Crippen LogP contribution in [-0.2, 0) is 20.7 Å². The van der Waals surface area contributed by atoms with Crippen LogP contribution in [0.5, 0.6) is 0 Å². The summed E-state index contributed by atoms with van der Waals surface area (Å²) in [5.74, 6) is -0.244. The fourth-order valence-electron chi connectivity index (χ4n) is 1.91. The lowest BCUT2D eigenvalue weighted by Gasteiger charge is -2.20. The minimum atomic E-state index is -0.557. The topological polar surface area (TPSA) is 64.6 Å².